The number of ether oxygens (including phenoxy) is 1. The summed E-state index contributed by atoms with van der Waals surface area (Å²) in [6, 6.07) is 15.2. The molecule has 10 heteroatoms. The first-order valence-electron chi connectivity index (χ1n) is 10.8. The van der Waals surface area contributed by atoms with Gasteiger partial charge in [0.2, 0.25) is 0 Å². The second-order valence-corrected chi connectivity index (χ2v) is 9.12. The van der Waals surface area contributed by atoms with E-state index in [1.807, 2.05) is 30.3 Å². The number of aliphatic hydroxyl groups is 1. The predicted octanol–water partition coefficient (Wildman–Crippen LogP) is 2.56. The Morgan fingerprint density at radius 1 is 1.12 bits per heavy atom. The average molecular weight is 497 g/mol. The van der Waals surface area contributed by atoms with Crippen molar-refractivity contribution < 1.29 is 14.6 Å². The van der Waals surface area contributed by atoms with Gasteiger partial charge in [-0.25, -0.2) is 4.98 Å². The van der Waals surface area contributed by atoms with Crippen molar-refractivity contribution in [2.75, 3.05) is 38.2 Å². The van der Waals surface area contributed by atoms with Crippen molar-refractivity contribution in [3.05, 3.63) is 81.1 Å². The number of thioether (sulfide) groups is 1. The molecular formula is C24H24N4O4S2. The average Bonchev–Trinajstić information content (AvgIpc) is 3.12. The molecule has 2 N–H and O–H groups in total. The van der Waals surface area contributed by atoms with Gasteiger partial charge < -0.3 is 15.2 Å². The van der Waals surface area contributed by atoms with Crippen molar-refractivity contribution >= 4 is 51.7 Å². The van der Waals surface area contributed by atoms with Crippen LogP contribution in [0.25, 0.3) is 11.7 Å². The van der Waals surface area contributed by atoms with Gasteiger partial charge in [0.25, 0.3) is 11.5 Å². The number of aromatic nitrogens is 2. The number of hydrogen-bond acceptors (Lipinski definition) is 8. The maximum Gasteiger partial charge on any atom is 0.267 e. The second kappa shape index (κ2) is 11.4. The van der Waals surface area contributed by atoms with E-state index in [-0.39, 0.29) is 30.2 Å². The number of nitrogens with one attached hydrogen (secondary N) is 1. The molecule has 1 aliphatic rings. The van der Waals surface area contributed by atoms with Gasteiger partial charge in [-0.2, -0.15) is 0 Å². The van der Waals surface area contributed by atoms with Gasteiger partial charge in [0.1, 0.15) is 15.8 Å². The van der Waals surface area contributed by atoms with Crippen molar-refractivity contribution in [3.63, 3.8) is 0 Å². The van der Waals surface area contributed by atoms with Gasteiger partial charge in [0.15, 0.2) is 0 Å². The molecule has 0 atom stereocenters. The summed E-state index contributed by atoms with van der Waals surface area (Å²) in [7, 11) is 0. The topological polar surface area (TPSA) is 96.2 Å². The van der Waals surface area contributed by atoms with Gasteiger partial charge in [-0.05, 0) is 30.2 Å². The van der Waals surface area contributed by atoms with Gasteiger partial charge >= 0.3 is 0 Å². The monoisotopic (exact) mass is 496 g/mol. The van der Waals surface area contributed by atoms with Crippen molar-refractivity contribution in [2.24, 2.45) is 0 Å². The summed E-state index contributed by atoms with van der Waals surface area (Å²) in [5, 5.41) is 12.0. The quantitative estimate of drug-likeness (QED) is 0.251. The lowest BCUT2D eigenvalue weighted by Crippen LogP contribution is -2.30. The van der Waals surface area contributed by atoms with Crippen LogP contribution in [-0.4, -0.2) is 62.5 Å². The Morgan fingerprint density at radius 3 is 2.71 bits per heavy atom. The third-order valence-corrected chi connectivity index (χ3v) is 6.54. The first-order chi connectivity index (χ1) is 16.6. The Labute approximate surface area is 206 Å². The number of rotatable bonds is 10. The van der Waals surface area contributed by atoms with Gasteiger partial charge in [-0.3, -0.25) is 18.9 Å². The van der Waals surface area contributed by atoms with Crippen molar-refractivity contribution in [1.82, 2.24) is 14.3 Å². The molecule has 1 aliphatic heterocycles. The molecule has 0 unspecified atom stereocenters. The number of thiocarbonyl (C=S) groups is 1. The van der Waals surface area contributed by atoms with E-state index in [0.717, 1.165) is 5.56 Å². The molecular weight excluding hydrogens is 472 g/mol. The first kappa shape index (κ1) is 24.1. The van der Waals surface area contributed by atoms with Crippen LogP contribution in [0, 0.1) is 0 Å². The van der Waals surface area contributed by atoms with E-state index in [1.54, 1.807) is 35.4 Å². The highest BCUT2D eigenvalue weighted by molar-refractivity contribution is 8.26. The van der Waals surface area contributed by atoms with Crippen LogP contribution in [-0.2, 0) is 16.0 Å². The lowest BCUT2D eigenvalue weighted by molar-refractivity contribution is -0.122. The minimum absolute atomic E-state index is 0.0626. The zero-order valence-corrected chi connectivity index (χ0v) is 20.0. The van der Waals surface area contributed by atoms with E-state index in [9.17, 15) is 9.59 Å². The first-order valence-corrected chi connectivity index (χ1v) is 12.0. The molecule has 0 aliphatic carbocycles. The molecule has 0 bridgehead atoms. The number of benzene rings is 1. The molecule has 4 rings (SSSR count). The Kier molecular flexibility index (Phi) is 8.07. The number of fused-ring (bicyclic) bond motifs is 1. The highest BCUT2D eigenvalue weighted by Gasteiger charge is 2.32. The molecule has 8 nitrogen and oxygen atoms in total. The van der Waals surface area contributed by atoms with Crippen molar-refractivity contribution in [1.29, 1.82) is 0 Å². The summed E-state index contributed by atoms with van der Waals surface area (Å²) in [6.45, 7) is 1.35. The number of carbonyl (C=O) groups excluding carboxylic acids is 1. The Hall–Kier alpha value is -3.05. The molecule has 1 amide bonds. The minimum atomic E-state index is -0.293. The molecule has 0 spiro atoms. The number of nitrogens with zero attached hydrogens (tertiary/aromatic N) is 3. The molecule has 3 heterocycles. The molecule has 176 valence electrons. The molecule has 0 saturated carbocycles. The van der Waals surface area contributed by atoms with Crippen LogP contribution in [0.15, 0.2) is 64.4 Å². The molecule has 34 heavy (non-hydrogen) atoms. The van der Waals surface area contributed by atoms with Crippen molar-refractivity contribution in [2.45, 2.75) is 6.42 Å². The Bertz CT molecular complexity index is 1280. The number of carbonyl (C=O) groups is 1. The van der Waals surface area contributed by atoms with E-state index < -0.39 is 0 Å². The summed E-state index contributed by atoms with van der Waals surface area (Å²) < 4.78 is 7.19. The number of amides is 1. The van der Waals surface area contributed by atoms with Crippen LogP contribution in [0.2, 0.25) is 0 Å². The summed E-state index contributed by atoms with van der Waals surface area (Å²) >= 11 is 6.64. The molecule has 2 aromatic heterocycles. The van der Waals surface area contributed by atoms with Crippen LogP contribution in [0.1, 0.15) is 11.1 Å². The third kappa shape index (κ3) is 5.53. The molecule has 1 aromatic carbocycles. The zero-order valence-electron chi connectivity index (χ0n) is 18.3. The molecule has 1 saturated heterocycles. The number of hydrogen-bond donors (Lipinski definition) is 2. The van der Waals surface area contributed by atoms with E-state index in [1.165, 1.54) is 16.2 Å². The number of anilines is 1. The van der Waals surface area contributed by atoms with E-state index >= 15 is 0 Å². The summed E-state index contributed by atoms with van der Waals surface area (Å²) in [4.78, 5) is 32.9. The Morgan fingerprint density at radius 2 is 1.91 bits per heavy atom. The van der Waals surface area contributed by atoms with Crippen LogP contribution in [0.4, 0.5) is 5.82 Å². The van der Waals surface area contributed by atoms with E-state index in [4.69, 9.17) is 22.1 Å². The van der Waals surface area contributed by atoms with E-state index in [0.29, 0.717) is 46.8 Å². The van der Waals surface area contributed by atoms with Gasteiger partial charge in [0, 0.05) is 19.3 Å². The largest absolute Gasteiger partial charge is 0.394 e. The molecule has 3 aromatic rings. The number of aliphatic hydroxyl groups excluding tert-OH is 1. The zero-order chi connectivity index (χ0) is 23.9. The SMILES string of the molecule is O=C1/C(=C/c2c(NCCOCCO)nc3ccccn3c2=O)SC(=S)N1CCc1ccccc1. The fourth-order valence-electron chi connectivity index (χ4n) is 3.49. The maximum absolute atomic E-state index is 13.3. The van der Waals surface area contributed by atoms with Gasteiger partial charge in [-0.1, -0.05) is 60.4 Å². The predicted molar refractivity (Wildman–Crippen MR) is 138 cm³/mol. The van der Waals surface area contributed by atoms with Crippen LogP contribution >= 0.6 is 24.0 Å². The standard InChI is InChI=1S/C24H24N4O4S2/c29-13-15-32-14-10-25-21-18(22(30)27-11-5-4-8-20(27)26-21)16-19-23(31)28(24(33)34-19)12-9-17-6-2-1-3-7-17/h1-8,11,16,25,29H,9-10,12-15H2/b19-16-. The summed E-state index contributed by atoms with van der Waals surface area (Å²) in [5.74, 6) is 0.138. The van der Waals surface area contributed by atoms with Crippen LogP contribution in [0.5, 0.6) is 0 Å². The van der Waals surface area contributed by atoms with Gasteiger partial charge in [-0.15, -0.1) is 0 Å². The highest BCUT2D eigenvalue weighted by Crippen LogP contribution is 2.33. The fourth-order valence-corrected chi connectivity index (χ4v) is 4.78. The summed E-state index contributed by atoms with van der Waals surface area (Å²) in [5.41, 5.74) is 1.58. The summed E-state index contributed by atoms with van der Waals surface area (Å²) in [6.07, 6.45) is 3.89. The smallest absolute Gasteiger partial charge is 0.267 e. The minimum Gasteiger partial charge on any atom is -0.394 e. The highest BCUT2D eigenvalue weighted by atomic mass is 32.2. The Balaban J connectivity index is 1.60. The second-order valence-electron chi connectivity index (χ2n) is 7.44. The van der Waals surface area contributed by atoms with Crippen LogP contribution in [0.3, 0.4) is 0 Å². The maximum atomic E-state index is 13.3. The van der Waals surface area contributed by atoms with E-state index in [2.05, 4.69) is 10.3 Å². The lowest BCUT2D eigenvalue weighted by atomic mass is 10.1. The lowest BCUT2D eigenvalue weighted by Gasteiger charge is -2.14. The molecule has 1 fully saturated rings. The van der Waals surface area contributed by atoms with Crippen LogP contribution < -0.4 is 10.9 Å². The third-order valence-electron chi connectivity index (χ3n) is 5.16. The fraction of sp³-hybridized carbons (Fsp3) is 0.250. The van der Waals surface area contributed by atoms with Crippen molar-refractivity contribution in [3.8, 4) is 0 Å². The number of pyridine rings is 1. The normalized spacial score (nSPS) is 15.0. The molecule has 0 radical (unpaired) electrons. The van der Waals surface area contributed by atoms with Gasteiger partial charge in [0.05, 0.1) is 30.3 Å².